The first-order valence-corrected chi connectivity index (χ1v) is 8.28. The van der Waals surface area contributed by atoms with Crippen molar-refractivity contribution in [3.63, 3.8) is 0 Å². The zero-order valence-electron chi connectivity index (χ0n) is 14.1. The summed E-state index contributed by atoms with van der Waals surface area (Å²) in [5.41, 5.74) is 3.09. The summed E-state index contributed by atoms with van der Waals surface area (Å²) in [6, 6.07) is 9.84. The summed E-state index contributed by atoms with van der Waals surface area (Å²) in [6.07, 6.45) is 5.70. The zero-order valence-corrected chi connectivity index (χ0v) is 14.1. The van der Waals surface area contributed by atoms with Crippen LogP contribution in [0.1, 0.15) is 19.0 Å². The molecule has 0 radical (unpaired) electrons. The third kappa shape index (κ3) is 3.59. The SMILES string of the molecule is CCCn1ccc2cc(NC(=O)NCCc3ccnn3C)ccc21. The number of carbonyl (C=O) groups excluding carboxylic acids is 1. The van der Waals surface area contributed by atoms with Crippen LogP contribution in [0.4, 0.5) is 10.5 Å². The average molecular weight is 325 g/mol. The molecule has 0 aliphatic heterocycles. The maximum atomic E-state index is 12.0. The van der Waals surface area contributed by atoms with E-state index in [2.05, 4.69) is 45.6 Å². The van der Waals surface area contributed by atoms with Gasteiger partial charge in [-0.15, -0.1) is 0 Å². The van der Waals surface area contributed by atoms with Gasteiger partial charge in [0.1, 0.15) is 0 Å². The minimum Gasteiger partial charge on any atom is -0.347 e. The third-order valence-electron chi connectivity index (χ3n) is 4.08. The molecule has 0 aliphatic rings. The van der Waals surface area contributed by atoms with Gasteiger partial charge >= 0.3 is 6.03 Å². The normalized spacial score (nSPS) is 10.9. The van der Waals surface area contributed by atoms with Gasteiger partial charge in [-0.3, -0.25) is 4.68 Å². The Kier molecular flexibility index (Phi) is 4.84. The van der Waals surface area contributed by atoms with E-state index in [9.17, 15) is 4.79 Å². The van der Waals surface area contributed by atoms with Crippen LogP contribution in [0.15, 0.2) is 42.7 Å². The molecule has 2 amide bonds. The van der Waals surface area contributed by atoms with Crippen LogP contribution in [-0.2, 0) is 20.0 Å². The smallest absolute Gasteiger partial charge is 0.319 e. The fourth-order valence-corrected chi connectivity index (χ4v) is 2.84. The van der Waals surface area contributed by atoms with E-state index < -0.39 is 0 Å². The number of aryl methyl sites for hydroxylation is 2. The Labute approximate surface area is 141 Å². The lowest BCUT2D eigenvalue weighted by Gasteiger charge is -2.09. The van der Waals surface area contributed by atoms with E-state index in [1.807, 2.05) is 29.9 Å². The van der Waals surface area contributed by atoms with Crippen LogP contribution in [0.3, 0.4) is 0 Å². The maximum Gasteiger partial charge on any atom is 0.319 e. The second-order valence-electron chi connectivity index (χ2n) is 5.86. The molecule has 0 saturated heterocycles. The van der Waals surface area contributed by atoms with E-state index in [4.69, 9.17) is 0 Å². The van der Waals surface area contributed by atoms with Crippen LogP contribution in [0.2, 0.25) is 0 Å². The standard InChI is InChI=1S/C18H23N5O/c1-3-11-23-12-8-14-13-15(4-5-17(14)23)21-18(24)19-9-6-16-7-10-20-22(16)2/h4-5,7-8,10,12-13H,3,6,9,11H2,1-2H3,(H2,19,21,24). The molecule has 0 unspecified atom stereocenters. The van der Waals surface area contributed by atoms with Crippen molar-refractivity contribution in [2.45, 2.75) is 26.3 Å². The number of carbonyl (C=O) groups is 1. The molecule has 24 heavy (non-hydrogen) atoms. The summed E-state index contributed by atoms with van der Waals surface area (Å²) < 4.78 is 4.04. The van der Waals surface area contributed by atoms with Gasteiger partial charge in [0.05, 0.1) is 0 Å². The maximum absolute atomic E-state index is 12.0. The van der Waals surface area contributed by atoms with Gasteiger partial charge in [0.2, 0.25) is 0 Å². The van der Waals surface area contributed by atoms with E-state index in [0.29, 0.717) is 6.54 Å². The number of anilines is 1. The average Bonchev–Trinajstić information content (AvgIpc) is 3.14. The van der Waals surface area contributed by atoms with Crippen molar-refractivity contribution in [1.29, 1.82) is 0 Å². The highest BCUT2D eigenvalue weighted by atomic mass is 16.2. The molecule has 3 aromatic rings. The van der Waals surface area contributed by atoms with Gasteiger partial charge in [0.15, 0.2) is 0 Å². The molecular formula is C18H23N5O. The molecule has 0 fully saturated rings. The predicted octanol–water partition coefficient (Wildman–Crippen LogP) is 3.15. The monoisotopic (exact) mass is 325 g/mol. The number of urea groups is 1. The number of fused-ring (bicyclic) bond motifs is 1. The van der Waals surface area contributed by atoms with Gasteiger partial charge < -0.3 is 15.2 Å². The molecule has 0 bridgehead atoms. The highest BCUT2D eigenvalue weighted by Crippen LogP contribution is 2.20. The van der Waals surface area contributed by atoms with Crippen molar-refractivity contribution in [3.05, 3.63) is 48.4 Å². The molecule has 0 aliphatic carbocycles. The lowest BCUT2D eigenvalue weighted by molar-refractivity contribution is 0.252. The highest BCUT2D eigenvalue weighted by Gasteiger charge is 2.05. The second kappa shape index (κ2) is 7.21. The van der Waals surface area contributed by atoms with Gasteiger partial charge in [-0.25, -0.2) is 4.79 Å². The van der Waals surface area contributed by atoms with Gasteiger partial charge in [0, 0.05) is 61.2 Å². The molecule has 0 spiro atoms. The first kappa shape index (κ1) is 16.1. The predicted molar refractivity (Wildman–Crippen MR) is 96.2 cm³/mol. The minimum atomic E-state index is -0.190. The molecule has 6 nitrogen and oxygen atoms in total. The van der Waals surface area contributed by atoms with Crippen molar-refractivity contribution in [2.24, 2.45) is 7.05 Å². The number of benzene rings is 1. The molecule has 6 heteroatoms. The van der Waals surface area contributed by atoms with Crippen molar-refractivity contribution in [1.82, 2.24) is 19.7 Å². The number of rotatable bonds is 6. The summed E-state index contributed by atoms with van der Waals surface area (Å²) in [7, 11) is 1.90. The van der Waals surface area contributed by atoms with Gasteiger partial charge in [-0.05, 0) is 36.8 Å². The third-order valence-corrected chi connectivity index (χ3v) is 4.08. The highest BCUT2D eigenvalue weighted by molar-refractivity contribution is 5.92. The van der Waals surface area contributed by atoms with Crippen LogP contribution in [-0.4, -0.2) is 26.9 Å². The Bertz CT molecular complexity index is 833. The topological polar surface area (TPSA) is 63.9 Å². The van der Waals surface area contributed by atoms with Crippen LogP contribution in [0.25, 0.3) is 10.9 Å². The van der Waals surface area contributed by atoms with E-state index in [-0.39, 0.29) is 6.03 Å². The summed E-state index contributed by atoms with van der Waals surface area (Å²) >= 11 is 0. The van der Waals surface area contributed by atoms with Crippen LogP contribution in [0, 0.1) is 0 Å². The first-order valence-electron chi connectivity index (χ1n) is 8.28. The molecule has 0 saturated carbocycles. The number of hydrogen-bond donors (Lipinski definition) is 2. The zero-order chi connectivity index (χ0) is 16.9. The van der Waals surface area contributed by atoms with Crippen LogP contribution >= 0.6 is 0 Å². The number of amides is 2. The van der Waals surface area contributed by atoms with Gasteiger partial charge in [-0.1, -0.05) is 6.92 Å². The summed E-state index contributed by atoms with van der Waals surface area (Å²) in [5, 5.41) is 11.0. The van der Waals surface area contributed by atoms with E-state index >= 15 is 0 Å². The Balaban J connectivity index is 1.56. The number of aromatic nitrogens is 3. The van der Waals surface area contributed by atoms with Crippen molar-refractivity contribution < 1.29 is 4.79 Å². The minimum absolute atomic E-state index is 0.190. The van der Waals surface area contributed by atoms with Crippen molar-refractivity contribution >= 4 is 22.6 Å². The van der Waals surface area contributed by atoms with E-state index in [1.54, 1.807) is 6.20 Å². The van der Waals surface area contributed by atoms with E-state index in [0.717, 1.165) is 36.2 Å². The lowest BCUT2D eigenvalue weighted by atomic mass is 10.2. The summed E-state index contributed by atoms with van der Waals surface area (Å²) in [5.74, 6) is 0. The number of nitrogens with one attached hydrogen (secondary N) is 2. The van der Waals surface area contributed by atoms with E-state index in [1.165, 1.54) is 5.52 Å². The molecule has 1 aromatic carbocycles. The van der Waals surface area contributed by atoms with Crippen molar-refractivity contribution in [3.8, 4) is 0 Å². The molecule has 126 valence electrons. The fourth-order valence-electron chi connectivity index (χ4n) is 2.84. The lowest BCUT2D eigenvalue weighted by Crippen LogP contribution is -2.30. The first-order chi connectivity index (χ1) is 11.7. The summed E-state index contributed by atoms with van der Waals surface area (Å²) in [4.78, 5) is 12.0. The fraction of sp³-hybridized carbons (Fsp3) is 0.333. The quantitative estimate of drug-likeness (QED) is 0.731. The van der Waals surface area contributed by atoms with Crippen LogP contribution in [0.5, 0.6) is 0 Å². The molecule has 2 aromatic heterocycles. The van der Waals surface area contributed by atoms with Crippen molar-refractivity contribution in [2.75, 3.05) is 11.9 Å². The molecular weight excluding hydrogens is 302 g/mol. The molecule has 0 atom stereocenters. The van der Waals surface area contributed by atoms with Crippen LogP contribution < -0.4 is 10.6 Å². The van der Waals surface area contributed by atoms with Gasteiger partial charge in [-0.2, -0.15) is 5.10 Å². The molecule has 2 heterocycles. The second-order valence-corrected chi connectivity index (χ2v) is 5.86. The number of nitrogens with zero attached hydrogens (tertiary/aromatic N) is 3. The Morgan fingerprint density at radius 2 is 2.12 bits per heavy atom. The Morgan fingerprint density at radius 3 is 2.88 bits per heavy atom. The van der Waals surface area contributed by atoms with Gasteiger partial charge in [0.25, 0.3) is 0 Å². The largest absolute Gasteiger partial charge is 0.347 e. The summed E-state index contributed by atoms with van der Waals surface area (Å²) in [6.45, 7) is 3.74. The Morgan fingerprint density at radius 1 is 1.25 bits per heavy atom. The Hall–Kier alpha value is -2.76. The molecule has 3 rings (SSSR count). The number of hydrogen-bond acceptors (Lipinski definition) is 2. The molecule has 2 N–H and O–H groups in total.